The number of phenolic OH excluding ortho intramolecular Hbond substituents is 1. The van der Waals surface area contributed by atoms with E-state index in [4.69, 9.17) is 0 Å². The van der Waals surface area contributed by atoms with Crippen molar-refractivity contribution in [3.8, 4) is 5.75 Å². The molecule has 86 valence electrons. The molecule has 1 unspecified atom stereocenters. The zero-order chi connectivity index (χ0) is 11.0. The van der Waals surface area contributed by atoms with Crippen LogP contribution in [-0.4, -0.2) is 29.1 Å². The Labute approximate surface area is 96.9 Å². The molecule has 0 spiro atoms. The van der Waals surface area contributed by atoms with Gasteiger partial charge < -0.3 is 10.0 Å². The molecule has 0 amide bonds. The monoisotopic (exact) mass is 217 g/mol. The number of nitrogens with zero attached hydrogens (tertiary/aromatic N) is 1. The number of phenols is 1. The van der Waals surface area contributed by atoms with Gasteiger partial charge in [0.2, 0.25) is 0 Å². The molecule has 1 atom stereocenters. The summed E-state index contributed by atoms with van der Waals surface area (Å²) in [6, 6.07) is 6.62. The lowest BCUT2D eigenvalue weighted by atomic mass is 9.87. The zero-order valence-electron chi connectivity index (χ0n) is 9.65. The van der Waals surface area contributed by atoms with E-state index in [-0.39, 0.29) is 0 Å². The van der Waals surface area contributed by atoms with Crippen LogP contribution in [0.3, 0.4) is 0 Å². The fraction of sp³-hybridized carbons (Fsp3) is 0.571. The van der Waals surface area contributed by atoms with E-state index >= 15 is 0 Å². The third kappa shape index (κ3) is 1.82. The molecule has 0 radical (unpaired) electrons. The smallest absolute Gasteiger partial charge is 0.115 e. The number of hydrogen-bond donors (Lipinski definition) is 1. The molecule has 16 heavy (non-hydrogen) atoms. The van der Waals surface area contributed by atoms with Crippen LogP contribution in [0.1, 0.15) is 30.4 Å². The predicted octanol–water partition coefficient (Wildman–Crippen LogP) is 2.35. The van der Waals surface area contributed by atoms with Crippen molar-refractivity contribution < 1.29 is 5.11 Å². The molecule has 1 saturated heterocycles. The maximum absolute atomic E-state index is 9.46. The molecule has 1 aliphatic carbocycles. The molecular weight excluding hydrogens is 198 g/mol. The summed E-state index contributed by atoms with van der Waals surface area (Å²) in [6.45, 7) is 2.58. The molecule has 1 fully saturated rings. The Morgan fingerprint density at radius 3 is 2.75 bits per heavy atom. The Bertz CT molecular complexity index is 382. The van der Waals surface area contributed by atoms with Crippen LogP contribution in [0.4, 0.5) is 0 Å². The van der Waals surface area contributed by atoms with Gasteiger partial charge in [-0.15, -0.1) is 0 Å². The standard InChI is InChI=1S/C14H19NO/c16-14-6-4-11-9-13(5-3-12(11)10-14)15-7-1-2-8-15/h4,6,10,13,16H,1-3,5,7-9H2. The highest BCUT2D eigenvalue weighted by molar-refractivity contribution is 5.37. The Kier molecular flexibility index (Phi) is 2.60. The molecule has 1 aromatic carbocycles. The Balaban J connectivity index is 1.78. The molecule has 0 bridgehead atoms. The number of hydrogen-bond acceptors (Lipinski definition) is 2. The summed E-state index contributed by atoms with van der Waals surface area (Å²) < 4.78 is 0. The number of rotatable bonds is 1. The quantitative estimate of drug-likeness (QED) is 0.780. The highest BCUT2D eigenvalue weighted by Crippen LogP contribution is 2.28. The van der Waals surface area contributed by atoms with Gasteiger partial charge in [0, 0.05) is 6.04 Å². The van der Waals surface area contributed by atoms with Gasteiger partial charge in [0.05, 0.1) is 0 Å². The number of aryl methyl sites for hydroxylation is 1. The van der Waals surface area contributed by atoms with Crippen molar-refractivity contribution in [2.24, 2.45) is 0 Å². The fourth-order valence-corrected chi connectivity index (χ4v) is 3.14. The normalized spacial score (nSPS) is 25.6. The van der Waals surface area contributed by atoms with Crippen molar-refractivity contribution in [2.45, 2.75) is 38.1 Å². The molecule has 1 aromatic rings. The van der Waals surface area contributed by atoms with Crippen LogP contribution in [0.25, 0.3) is 0 Å². The van der Waals surface area contributed by atoms with E-state index in [9.17, 15) is 5.11 Å². The lowest BCUT2D eigenvalue weighted by molar-refractivity contribution is 0.222. The summed E-state index contributed by atoms with van der Waals surface area (Å²) in [7, 11) is 0. The van der Waals surface area contributed by atoms with E-state index in [1.807, 2.05) is 12.1 Å². The van der Waals surface area contributed by atoms with Crippen molar-refractivity contribution in [3.63, 3.8) is 0 Å². The maximum Gasteiger partial charge on any atom is 0.115 e. The molecule has 2 nitrogen and oxygen atoms in total. The van der Waals surface area contributed by atoms with Gasteiger partial charge in [0.25, 0.3) is 0 Å². The summed E-state index contributed by atoms with van der Waals surface area (Å²) in [4.78, 5) is 2.65. The van der Waals surface area contributed by atoms with Gasteiger partial charge in [-0.3, -0.25) is 0 Å². The third-order valence-corrected chi connectivity index (χ3v) is 4.05. The second kappa shape index (κ2) is 4.10. The molecule has 1 N–H and O–H groups in total. The molecule has 0 aromatic heterocycles. The van der Waals surface area contributed by atoms with Crippen LogP contribution >= 0.6 is 0 Å². The minimum absolute atomic E-state index is 0.415. The van der Waals surface area contributed by atoms with Crippen molar-refractivity contribution in [1.82, 2.24) is 4.90 Å². The van der Waals surface area contributed by atoms with Gasteiger partial charge in [0.15, 0.2) is 0 Å². The summed E-state index contributed by atoms with van der Waals surface area (Å²) in [6.07, 6.45) is 6.31. The van der Waals surface area contributed by atoms with Crippen LogP contribution in [0.2, 0.25) is 0 Å². The SMILES string of the molecule is Oc1ccc2c(c1)CCC(N1CCCC1)C2. The van der Waals surface area contributed by atoms with E-state index in [1.54, 1.807) is 0 Å². The van der Waals surface area contributed by atoms with Gasteiger partial charge in [0.1, 0.15) is 5.75 Å². The van der Waals surface area contributed by atoms with Gasteiger partial charge in [-0.05, 0) is 68.5 Å². The summed E-state index contributed by atoms with van der Waals surface area (Å²) >= 11 is 0. The number of benzene rings is 1. The van der Waals surface area contributed by atoms with E-state index in [1.165, 1.54) is 49.9 Å². The molecule has 1 aliphatic heterocycles. The van der Waals surface area contributed by atoms with E-state index < -0.39 is 0 Å². The second-order valence-electron chi connectivity index (χ2n) is 5.09. The van der Waals surface area contributed by atoms with E-state index in [0.717, 1.165) is 12.5 Å². The first-order valence-corrected chi connectivity index (χ1v) is 6.38. The maximum atomic E-state index is 9.46. The Morgan fingerprint density at radius 2 is 1.94 bits per heavy atom. The highest BCUT2D eigenvalue weighted by Gasteiger charge is 2.26. The summed E-state index contributed by atoms with van der Waals surface area (Å²) in [5.74, 6) is 0.415. The van der Waals surface area contributed by atoms with Crippen LogP contribution in [-0.2, 0) is 12.8 Å². The van der Waals surface area contributed by atoms with Crippen LogP contribution in [0.15, 0.2) is 18.2 Å². The lowest BCUT2D eigenvalue weighted by Crippen LogP contribution is -2.37. The molecular formula is C14H19NO. The fourth-order valence-electron chi connectivity index (χ4n) is 3.14. The zero-order valence-corrected chi connectivity index (χ0v) is 9.65. The highest BCUT2D eigenvalue weighted by atomic mass is 16.3. The van der Waals surface area contributed by atoms with Crippen LogP contribution < -0.4 is 0 Å². The van der Waals surface area contributed by atoms with E-state index in [2.05, 4.69) is 11.0 Å². The van der Waals surface area contributed by atoms with Gasteiger partial charge in [-0.1, -0.05) is 6.07 Å². The minimum Gasteiger partial charge on any atom is -0.508 e. The lowest BCUT2D eigenvalue weighted by Gasteiger charge is -2.32. The molecule has 0 saturated carbocycles. The average Bonchev–Trinajstić information content (AvgIpc) is 2.82. The van der Waals surface area contributed by atoms with Gasteiger partial charge in [-0.25, -0.2) is 0 Å². The van der Waals surface area contributed by atoms with Crippen molar-refractivity contribution in [2.75, 3.05) is 13.1 Å². The molecule has 2 aliphatic rings. The minimum atomic E-state index is 0.415. The van der Waals surface area contributed by atoms with Crippen molar-refractivity contribution >= 4 is 0 Å². The first-order valence-electron chi connectivity index (χ1n) is 6.38. The molecule has 3 rings (SSSR count). The largest absolute Gasteiger partial charge is 0.508 e. The van der Waals surface area contributed by atoms with Crippen LogP contribution in [0, 0.1) is 0 Å². The molecule has 2 heteroatoms. The third-order valence-electron chi connectivity index (χ3n) is 4.05. The summed E-state index contributed by atoms with van der Waals surface area (Å²) in [5.41, 5.74) is 2.80. The van der Waals surface area contributed by atoms with Crippen molar-refractivity contribution in [1.29, 1.82) is 0 Å². The first kappa shape index (κ1) is 10.2. The average molecular weight is 217 g/mol. The number of fused-ring (bicyclic) bond motifs is 1. The van der Waals surface area contributed by atoms with Gasteiger partial charge >= 0.3 is 0 Å². The Morgan fingerprint density at radius 1 is 1.12 bits per heavy atom. The molecule has 1 heterocycles. The number of likely N-dealkylation sites (tertiary alicyclic amines) is 1. The first-order chi connectivity index (χ1) is 7.83. The van der Waals surface area contributed by atoms with E-state index in [0.29, 0.717) is 5.75 Å². The number of aromatic hydroxyl groups is 1. The second-order valence-corrected chi connectivity index (χ2v) is 5.09. The Hall–Kier alpha value is -1.02. The van der Waals surface area contributed by atoms with Gasteiger partial charge in [-0.2, -0.15) is 0 Å². The van der Waals surface area contributed by atoms with Crippen LogP contribution in [0.5, 0.6) is 5.75 Å². The summed E-state index contributed by atoms with van der Waals surface area (Å²) in [5, 5.41) is 9.46. The topological polar surface area (TPSA) is 23.5 Å². The predicted molar refractivity (Wildman–Crippen MR) is 64.7 cm³/mol. The van der Waals surface area contributed by atoms with Crippen molar-refractivity contribution in [3.05, 3.63) is 29.3 Å².